The van der Waals surface area contributed by atoms with Gasteiger partial charge in [-0.3, -0.25) is 0 Å². The van der Waals surface area contributed by atoms with Gasteiger partial charge in [-0.1, -0.05) is 30.3 Å². The van der Waals surface area contributed by atoms with Gasteiger partial charge >= 0.3 is 0 Å². The van der Waals surface area contributed by atoms with Gasteiger partial charge in [-0.25, -0.2) is 0 Å². The predicted octanol–water partition coefficient (Wildman–Crippen LogP) is 1.39. The first-order valence-electron chi connectivity index (χ1n) is 3.41. The van der Waals surface area contributed by atoms with E-state index < -0.39 is 0 Å². The number of hydrogen-bond acceptors (Lipinski definition) is 1. The van der Waals surface area contributed by atoms with Gasteiger partial charge in [0.05, 0.1) is 0 Å². The quantitative estimate of drug-likeness (QED) is 0.650. The zero-order valence-electron chi connectivity index (χ0n) is 5.96. The van der Waals surface area contributed by atoms with Crippen molar-refractivity contribution in [2.45, 2.75) is 12.5 Å². The monoisotopic (exact) mass is 134 g/mol. The van der Waals surface area contributed by atoms with Gasteiger partial charge in [0.2, 0.25) is 0 Å². The molecule has 0 aromatic heterocycles. The highest BCUT2D eigenvalue weighted by molar-refractivity contribution is 5.15. The lowest BCUT2D eigenvalue weighted by atomic mass is 10.1. The van der Waals surface area contributed by atoms with E-state index >= 15 is 0 Å². The second-order valence-corrected chi connectivity index (χ2v) is 2.45. The molecule has 10 heavy (non-hydrogen) atoms. The van der Waals surface area contributed by atoms with Crippen molar-refractivity contribution in [2.24, 2.45) is 5.73 Å². The third-order valence-electron chi connectivity index (χ3n) is 1.34. The standard InChI is InChI=1S/C9H12N/c1-8(10)7-9-5-3-2-4-6-9/h2-6,8H,1,7,10H2/t8-/m0/s1. The summed E-state index contributed by atoms with van der Waals surface area (Å²) in [6.07, 6.45) is 0.862. The van der Waals surface area contributed by atoms with E-state index in [1.165, 1.54) is 5.56 Å². The molecule has 0 fully saturated rings. The van der Waals surface area contributed by atoms with Gasteiger partial charge < -0.3 is 5.73 Å². The molecule has 1 aromatic rings. The Morgan fingerprint density at radius 2 is 1.90 bits per heavy atom. The van der Waals surface area contributed by atoms with Crippen molar-refractivity contribution in [3.05, 3.63) is 42.8 Å². The molecule has 0 heterocycles. The van der Waals surface area contributed by atoms with Crippen molar-refractivity contribution < 1.29 is 0 Å². The zero-order chi connectivity index (χ0) is 7.40. The fraction of sp³-hybridized carbons (Fsp3) is 0.222. The second kappa shape index (κ2) is 3.37. The van der Waals surface area contributed by atoms with E-state index in [9.17, 15) is 0 Å². The van der Waals surface area contributed by atoms with E-state index in [-0.39, 0.29) is 6.04 Å². The minimum absolute atomic E-state index is 0.0161. The van der Waals surface area contributed by atoms with Crippen LogP contribution in [0.3, 0.4) is 0 Å². The minimum Gasteiger partial charge on any atom is -0.327 e. The molecule has 0 saturated heterocycles. The Kier molecular flexibility index (Phi) is 2.46. The Balaban J connectivity index is 2.59. The summed E-state index contributed by atoms with van der Waals surface area (Å²) in [4.78, 5) is 0. The number of rotatable bonds is 2. The number of benzene rings is 1. The maximum atomic E-state index is 5.51. The van der Waals surface area contributed by atoms with Crippen LogP contribution in [0.25, 0.3) is 0 Å². The molecule has 1 atom stereocenters. The third kappa shape index (κ3) is 2.19. The van der Waals surface area contributed by atoms with E-state index in [1.54, 1.807) is 0 Å². The molecule has 2 N–H and O–H groups in total. The van der Waals surface area contributed by atoms with E-state index in [0.717, 1.165) is 6.42 Å². The smallest absolute Gasteiger partial charge is 0.00799 e. The first-order valence-corrected chi connectivity index (χ1v) is 3.41. The molecule has 1 aromatic carbocycles. The van der Waals surface area contributed by atoms with E-state index in [1.807, 2.05) is 18.2 Å². The molecule has 0 bridgehead atoms. The zero-order valence-corrected chi connectivity index (χ0v) is 5.96. The van der Waals surface area contributed by atoms with E-state index in [2.05, 4.69) is 19.1 Å². The molecular weight excluding hydrogens is 122 g/mol. The molecule has 1 radical (unpaired) electrons. The third-order valence-corrected chi connectivity index (χ3v) is 1.34. The summed E-state index contributed by atoms with van der Waals surface area (Å²) in [5.74, 6) is 0. The van der Waals surface area contributed by atoms with E-state index in [0.29, 0.717) is 0 Å². The molecule has 1 heteroatoms. The number of hydrogen-bond donors (Lipinski definition) is 1. The van der Waals surface area contributed by atoms with Crippen LogP contribution in [0.15, 0.2) is 30.3 Å². The summed E-state index contributed by atoms with van der Waals surface area (Å²) in [6, 6.07) is 10.2. The highest BCUT2D eigenvalue weighted by Crippen LogP contribution is 2.00. The van der Waals surface area contributed by atoms with E-state index in [4.69, 9.17) is 5.73 Å². The Bertz CT molecular complexity index is 179. The fourth-order valence-electron chi connectivity index (χ4n) is 0.917. The lowest BCUT2D eigenvalue weighted by Gasteiger charge is -2.02. The molecule has 1 rings (SSSR count). The molecule has 0 saturated carbocycles. The first kappa shape index (κ1) is 7.29. The van der Waals surface area contributed by atoms with Crippen LogP contribution in [0.5, 0.6) is 0 Å². The van der Waals surface area contributed by atoms with Crippen LogP contribution in [0.4, 0.5) is 0 Å². The molecule has 0 aliphatic rings. The van der Waals surface area contributed by atoms with Gasteiger partial charge in [0.15, 0.2) is 0 Å². The summed E-state index contributed by atoms with van der Waals surface area (Å²) >= 11 is 0. The second-order valence-electron chi connectivity index (χ2n) is 2.45. The SMILES string of the molecule is [CH2][C@H](N)Cc1ccccc1. The van der Waals surface area contributed by atoms with Gasteiger partial charge in [0, 0.05) is 6.04 Å². The van der Waals surface area contributed by atoms with Crippen LogP contribution in [-0.4, -0.2) is 6.04 Å². The Morgan fingerprint density at radius 1 is 1.30 bits per heavy atom. The van der Waals surface area contributed by atoms with Crippen LogP contribution in [-0.2, 0) is 6.42 Å². The molecule has 0 aliphatic carbocycles. The van der Waals surface area contributed by atoms with Crippen molar-refractivity contribution in [3.63, 3.8) is 0 Å². The van der Waals surface area contributed by atoms with Crippen LogP contribution >= 0.6 is 0 Å². The molecule has 1 nitrogen and oxygen atoms in total. The summed E-state index contributed by atoms with van der Waals surface area (Å²) in [7, 11) is 0. The first-order chi connectivity index (χ1) is 4.79. The van der Waals surface area contributed by atoms with Gasteiger partial charge in [-0.15, -0.1) is 0 Å². The summed E-state index contributed by atoms with van der Waals surface area (Å²) < 4.78 is 0. The van der Waals surface area contributed by atoms with Gasteiger partial charge in [-0.2, -0.15) is 0 Å². The summed E-state index contributed by atoms with van der Waals surface area (Å²) in [5, 5.41) is 0. The van der Waals surface area contributed by atoms with Crippen LogP contribution in [0.1, 0.15) is 5.56 Å². The van der Waals surface area contributed by atoms with Crippen molar-refractivity contribution in [2.75, 3.05) is 0 Å². The van der Waals surface area contributed by atoms with Crippen molar-refractivity contribution in [3.8, 4) is 0 Å². The lowest BCUT2D eigenvalue weighted by Crippen LogP contribution is -2.17. The molecule has 0 aliphatic heterocycles. The van der Waals surface area contributed by atoms with Crippen molar-refractivity contribution in [1.82, 2.24) is 0 Å². The molecular formula is C9H12N. The van der Waals surface area contributed by atoms with Gasteiger partial charge in [0.1, 0.15) is 0 Å². The Hall–Kier alpha value is -0.820. The molecule has 53 valence electrons. The van der Waals surface area contributed by atoms with Crippen LogP contribution in [0, 0.1) is 6.92 Å². The van der Waals surface area contributed by atoms with Crippen LogP contribution < -0.4 is 5.73 Å². The Morgan fingerprint density at radius 3 is 2.40 bits per heavy atom. The van der Waals surface area contributed by atoms with Gasteiger partial charge in [0.25, 0.3) is 0 Å². The maximum absolute atomic E-state index is 5.51. The van der Waals surface area contributed by atoms with Crippen molar-refractivity contribution >= 4 is 0 Å². The fourth-order valence-corrected chi connectivity index (χ4v) is 0.917. The summed E-state index contributed by atoms with van der Waals surface area (Å²) in [6.45, 7) is 3.71. The average Bonchev–Trinajstić information content (AvgIpc) is 1.88. The minimum atomic E-state index is 0.0161. The topological polar surface area (TPSA) is 26.0 Å². The molecule has 0 amide bonds. The maximum Gasteiger partial charge on any atom is 0.00799 e. The van der Waals surface area contributed by atoms with Crippen molar-refractivity contribution in [1.29, 1.82) is 0 Å². The molecule has 0 spiro atoms. The highest BCUT2D eigenvalue weighted by Gasteiger charge is 1.94. The summed E-state index contributed by atoms with van der Waals surface area (Å²) in [5.41, 5.74) is 6.77. The molecule has 0 unspecified atom stereocenters. The number of nitrogens with two attached hydrogens (primary N) is 1. The Labute approximate surface area is 61.9 Å². The highest BCUT2D eigenvalue weighted by atomic mass is 14.6. The predicted molar refractivity (Wildman–Crippen MR) is 43.5 cm³/mol. The normalized spacial score (nSPS) is 13.0. The lowest BCUT2D eigenvalue weighted by molar-refractivity contribution is 0.807. The average molecular weight is 134 g/mol. The van der Waals surface area contributed by atoms with Crippen LogP contribution in [0.2, 0.25) is 0 Å². The largest absolute Gasteiger partial charge is 0.327 e. The van der Waals surface area contributed by atoms with Gasteiger partial charge in [-0.05, 0) is 18.9 Å².